The van der Waals surface area contributed by atoms with Gasteiger partial charge in [-0.2, -0.15) is 0 Å². The van der Waals surface area contributed by atoms with Crippen LogP contribution in [0.15, 0.2) is 60.2 Å². The number of phenolic OH excluding ortho intramolecular Hbond substituents is 1. The second-order valence-electron chi connectivity index (χ2n) is 5.30. The van der Waals surface area contributed by atoms with Gasteiger partial charge in [-0.25, -0.2) is 4.79 Å². The smallest absolute Gasteiger partial charge is 0.320 e. The lowest BCUT2D eigenvalue weighted by Gasteiger charge is -2.29. The summed E-state index contributed by atoms with van der Waals surface area (Å²) in [5.41, 5.74) is 2.11. The molecule has 1 atom stereocenters. The lowest BCUT2D eigenvalue weighted by atomic mass is 9.90. The van der Waals surface area contributed by atoms with E-state index < -0.39 is 12.1 Å². The summed E-state index contributed by atoms with van der Waals surface area (Å²) in [6.45, 7) is 1.45. The Hall–Kier alpha value is -3.08. The molecule has 116 valence electrons. The van der Waals surface area contributed by atoms with Gasteiger partial charge in [-0.05, 0) is 18.6 Å². The van der Waals surface area contributed by atoms with E-state index >= 15 is 0 Å². The number of rotatable bonds is 3. The van der Waals surface area contributed by atoms with Gasteiger partial charge in [0.15, 0.2) is 5.78 Å². The van der Waals surface area contributed by atoms with E-state index in [2.05, 4.69) is 10.6 Å². The third kappa shape index (κ3) is 2.81. The molecule has 3 rings (SSSR count). The zero-order valence-electron chi connectivity index (χ0n) is 12.5. The molecule has 1 aliphatic heterocycles. The van der Waals surface area contributed by atoms with Crippen molar-refractivity contribution in [2.24, 2.45) is 0 Å². The molecule has 2 amide bonds. The lowest BCUT2D eigenvalue weighted by molar-refractivity contribution is -0.113. The van der Waals surface area contributed by atoms with Gasteiger partial charge in [-0.1, -0.05) is 48.5 Å². The first-order valence-electron chi connectivity index (χ1n) is 7.24. The Balaban J connectivity index is 2.21. The van der Waals surface area contributed by atoms with Crippen molar-refractivity contribution in [2.45, 2.75) is 13.0 Å². The molecule has 0 aliphatic carbocycles. The molecule has 2 aromatic carbocycles. The maximum Gasteiger partial charge on any atom is 0.320 e. The molecule has 3 N–H and O–H groups in total. The highest BCUT2D eigenvalue weighted by molar-refractivity contribution is 6.07. The molecule has 0 aromatic heterocycles. The molecule has 0 spiro atoms. The highest BCUT2D eigenvalue weighted by Crippen LogP contribution is 2.35. The normalized spacial score (nSPS) is 17.4. The predicted molar refractivity (Wildman–Crippen MR) is 86.6 cm³/mol. The Morgan fingerprint density at radius 2 is 1.70 bits per heavy atom. The van der Waals surface area contributed by atoms with Gasteiger partial charge in [0.05, 0.1) is 11.7 Å². The SMILES string of the molecule is CC(=O)C1=C(c2ccccc2)NC(=O)N[C@@H]1c1ccccc1O. The zero-order valence-corrected chi connectivity index (χ0v) is 12.5. The maximum absolute atomic E-state index is 12.3. The largest absolute Gasteiger partial charge is 0.508 e. The number of ketones is 1. The topological polar surface area (TPSA) is 78.4 Å². The van der Waals surface area contributed by atoms with E-state index in [1.807, 2.05) is 30.3 Å². The van der Waals surface area contributed by atoms with E-state index in [0.717, 1.165) is 5.56 Å². The van der Waals surface area contributed by atoms with Gasteiger partial charge in [0, 0.05) is 11.1 Å². The minimum Gasteiger partial charge on any atom is -0.508 e. The Morgan fingerprint density at radius 1 is 1.04 bits per heavy atom. The average Bonchev–Trinajstić information content (AvgIpc) is 2.55. The van der Waals surface area contributed by atoms with Crippen LogP contribution in [0.1, 0.15) is 24.1 Å². The number of phenols is 1. The van der Waals surface area contributed by atoms with Crippen molar-refractivity contribution in [3.63, 3.8) is 0 Å². The molecule has 0 radical (unpaired) electrons. The number of carbonyl (C=O) groups is 2. The standard InChI is InChI=1S/C18H16N2O3/c1-11(21)15-16(12-7-3-2-4-8-12)19-18(23)20-17(15)13-9-5-6-10-14(13)22/h2-10,17,22H,1H3,(H2,19,20,23)/t17-/m1/s1. The van der Waals surface area contributed by atoms with Crippen LogP contribution in [0.3, 0.4) is 0 Å². The number of urea groups is 1. The van der Waals surface area contributed by atoms with E-state index in [-0.39, 0.29) is 11.5 Å². The molecule has 0 saturated heterocycles. The number of hydrogen-bond acceptors (Lipinski definition) is 3. The molecule has 0 unspecified atom stereocenters. The summed E-state index contributed by atoms with van der Waals surface area (Å²) in [5.74, 6) is -0.143. The number of benzene rings is 2. The fraction of sp³-hybridized carbons (Fsp3) is 0.111. The average molecular weight is 308 g/mol. The molecule has 0 bridgehead atoms. The molecule has 2 aromatic rings. The Bertz CT molecular complexity index is 797. The molecular weight excluding hydrogens is 292 g/mol. The van der Waals surface area contributed by atoms with E-state index in [1.165, 1.54) is 13.0 Å². The van der Waals surface area contributed by atoms with E-state index in [1.54, 1.807) is 18.2 Å². The predicted octanol–water partition coefficient (Wildman–Crippen LogP) is 2.75. The monoisotopic (exact) mass is 308 g/mol. The molecule has 5 nitrogen and oxygen atoms in total. The van der Waals surface area contributed by atoms with Crippen molar-refractivity contribution in [2.75, 3.05) is 0 Å². The quantitative estimate of drug-likeness (QED) is 0.816. The number of para-hydroxylation sites is 1. The van der Waals surface area contributed by atoms with Crippen LogP contribution >= 0.6 is 0 Å². The van der Waals surface area contributed by atoms with Crippen LogP contribution in [0, 0.1) is 0 Å². The Morgan fingerprint density at radius 3 is 2.35 bits per heavy atom. The molecule has 0 fully saturated rings. The number of carbonyl (C=O) groups excluding carboxylic acids is 2. The first kappa shape index (κ1) is 14.8. The van der Waals surface area contributed by atoms with Crippen molar-refractivity contribution in [3.05, 3.63) is 71.3 Å². The van der Waals surface area contributed by atoms with Crippen molar-refractivity contribution in [1.29, 1.82) is 0 Å². The molecule has 1 heterocycles. The van der Waals surface area contributed by atoms with Crippen LogP contribution in [0.25, 0.3) is 5.70 Å². The first-order chi connectivity index (χ1) is 11.1. The molecular formula is C18H16N2O3. The van der Waals surface area contributed by atoms with Crippen molar-refractivity contribution in [1.82, 2.24) is 10.6 Å². The fourth-order valence-corrected chi connectivity index (χ4v) is 2.74. The molecule has 0 saturated carbocycles. The van der Waals surface area contributed by atoms with Crippen LogP contribution in [-0.4, -0.2) is 16.9 Å². The van der Waals surface area contributed by atoms with Gasteiger partial charge < -0.3 is 15.7 Å². The van der Waals surface area contributed by atoms with Gasteiger partial charge in [0.25, 0.3) is 0 Å². The molecule has 1 aliphatic rings. The minimum absolute atomic E-state index is 0.0332. The number of nitrogens with one attached hydrogen (secondary N) is 2. The van der Waals surface area contributed by atoms with Crippen LogP contribution < -0.4 is 10.6 Å². The summed E-state index contributed by atoms with van der Waals surface area (Å²) >= 11 is 0. The molecule has 5 heteroatoms. The third-order valence-electron chi connectivity index (χ3n) is 3.76. The summed E-state index contributed by atoms with van der Waals surface area (Å²) in [4.78, 5) is 24.3. The first-order valence-corrected chi connectivity index (χ1v) is 7.24. The van der Waals surface area contributed by atoms with Crippen LogP contribution in [0.5, 0.6) is 5.75 Å². The highest BCUT2D eigenvalue weighted by atomic mass is 16.3. The Labute approximate surface area is 133 Å². The van der Waals surface area contributed by atoms with E-state index in [0.29, 0.717) is 16.8 Å². The van der Waals surface area contributed by atoms with Crippen LogP contribution in [-0.2, 0) is 4.79 Å². The highest BCUT2D eigenvalue weighted by Gasteiger charge is 2.32. The van der Waals surface area contributed by atoms with Crippen molar-refractivity contribution < 1.29 is 14.7 Å². The fourth-order valence-electron chi connectivity index (χ4n) is 2.74. The second kappa shape index (κ2) is 5.96. The van der Waals surface area contributed by atoms with Crippen molar-refractivity contribution in [3.8, 4) is 5.75 Å². The minimum atomic E-state index is -0.697. The van der Waals surface area contributed by atoms with Crippen molar-refractivity contribution >= 4 is 17.5 Å². The number of aromatic hydroxyl groups is 1. The van der Waals surface area contributed by atoms with Gasteiger partial charge in [0.2, 0.25) is 0 Å². The van der Waals surface area contributed by atoms with Crippen LogP contribution in [0.2, 0.25) is 0 Å². The maximum atomic E-state index is 12.3. The number of amides is 2. The number of Topliss-reactive ketones (excluding diaryl/α,β-unsaturated/α-hetero) is 1. The summed E-state index contributed by atoms with van der Waals surface area (Å²) < 4.78 is 0. The van der Waals surface area contributed by atoms with Crippen LogP contribution in [0.4, 0.5) is 4.79 Å². The van der Waals surface area contributed by atoms with Gasteiger partial charge in [-0.3, -0.25) is 4.79 Å². The Kier molecular flexibility index (Phi) is 3.85. The summed E-state index contributed by atoms with van der Waals surface area (Å²) in [6, 6.07) is 14.7. The zero-order chi connectivity index (χ0) is 16.4. The lowest BCUT2D eigenvalue weighted by Crippen LogP contribution is -2.44. The third-order valence-corrected chi connectivity index (χ3v) is 3.76. The second-order valence-corrected chi connectivity index (χ2v) is 5.30. The van der Waals surface area contributed by atoms with Gasteiger partial charge in [-0.15, -0.1) is 0 Å². The summed E-state index contributed by atoms with van der Waals surface area (Å²) in [7, 11) is 0. The summed E-state index contributed by atoms with van der Waals surface area (Å²) in [6.07, 6.45) is 0. The van der Waals surface area contributed by atoms with E-state index in [4.69, 9.17) is 0 Å². The molecule has 23 heavy (non-hydrogen) atoms. The van der Waals surface area contributed by atoms with Gasteiger partial charge >= 0.3 is 6.03 Å². The summed E-state index contributed by atoms with van der Waals surface area (Å²) in [5, 5.41) is 15.5. The number of hydrogen-bond donors (Lipinski definition) is 3. The van der Waals surface area contributed by atoms with E-state index in [9.17, 15) is 14.7 Å². The van der Waals surface area contributed by atoms with Gasteiger partial charge in [0.1, 0.15) is 5.75 Å².